The number of likely N-dealkylation sites (tertiary alicyclic amines) is 1. The van der Waals surface area contributed by atoms with E-state index in [4.69, 9.17) is 0 Å². The van der Waals surface area contributed by atoms with E-state index < -0.39 is 56.6 Å². The molecule has 1 heterocycles. The van der Waals surface area contributed by atoms with Crippen molar-refractivity contribution in [3.05, 3.63) is 59.4 Å². The van der Waals surface area contributed by atoms with Crippen molar-refractivity contribution in [2.75, 3.05) is 19.3 Å². The Morgan fingerprint density at radius 2 is 1.84 bits per heavy atom. The van der Waals surface area contributed by atoms with Gasteiger partial charge in [-0.2, -0.15) is 0 Å². The largest absolute Gasteiger partial charge is 0.337 e. The number of nitrogens with zero attached hydrogens (tertiary/aromatic N) is 1. The molecule has 0 unspecified atom stereocenters. The van der Waals surface area contributed by atoms with Crippen LogP contribution in [0.25, 0.3) is 11.1 Å². The highest BCUT2D eigenvalue weighted by Crippen LogP contribution is 2.59. The lowest BCUT2D eigenvalue weighted by Crippen LogP contribution is -2.62. The summed E-state index contributed by atoms with van der Waals surface area (Å²) in [6.07, 6.45) is 0.797. The molecule has 0 spiro atoms. The highest BCUT2D eigenvalue weighted by atomic mass is 32.2. The summed E-state index contributed by atoms with van der Waals surface area (Å²) < 4.78 is 83.7. The average molecular weight is 470 g/mol. The van der Waals surface area contributed by atoms with Crippen molar-refractivity contribution in [1.82, 2.24) is 9.62 Å². The smallest absolute Gasteiger partial charge is 0.229 e. The van der Waals surface area contributed by atoms with Crippen molar-refractivity contribution in [3.63, 3.8) is 0 Å². The number of alkyl halides is 1. The Morgan fingerprint density at radius 3 is 2.44 bits per heavy atom. The number of amides is 1. The van der Waals surface area contributed by atoms with Crippen LogP contribution in [0.15, 0.2) is 36.4 Å². The number of nitrogens with one attached hydrogen (secondary N) is 1. The summed E-state index contributed by atoms with van der Waals surface area (Å²) in [6.45, 7) is 2.22. The normalized spacial score (nSPS) is 27.2. The van der Waals surface area contributed by atoms with Gasteiger partial charge >= 0.3 is 0 Å². The molecule has 2 aromatic carbocycles. The highest BCUT2D eigenvalue weighted by Gasteiger charge is 2.64. The number of carbonyl (C=O) groups excluding carboxylic acids is 1. The first-order valence-corrected chi connectivity index (χ1v) is 12.0. The molecule has 0 radical (unpaired) electrons. The molecule has 32 heavy (non-hydrogen) atoms. The quantitative estimate of drug-likeness (QED) is 0.659. The summed E-state index contributed by atoms with van der Waals surface area (Å²) >= 11 is 0. The van der Waals surface area contributed by atoms with Crippen LogP contribution in [0.3, 0.4) is 0 Å². The molecule has 1 aliphatic carbocycles. The molecule has 10 heteroatoms. The van der Waals surface area contributed by atoms with Gasteiger partial charge in [-0.3, -0.25) is 4.79 Å². The minimum atomic E-state index is -3.46. The second-order valence-corrected chi connectivity index (χ2v) is 10.4. The average Bonchev–Trinajstić information content (AvgIpc) is 3.37. The second-order valence-electron chi connectivity index (χ2n) is 8.56. The monoisotopic (exact) mass is 470 g/mol. The molecule has 5 nitrogen and oxygen atoms in total. The molecule has 1 N–H and O–H groups in total. The van der Waals surface area contributed by atoms with E-state index in [9.17, 15) is 26.4 Å². The summed E-state index contributed by atoms with van der Waals surface area (Å²) in [5.41, 5.74) is -3.18. The van der Waals surface area contributed by atoms with E-state index in [0.29, 0.717) is 6.54 Å². The third-order valence-corrected chi connectivity index (χ3v) is 6.92. The van der Waals surface area contributed by atoms with Crippen LogP contribution in [-0.4, -0.2) is 44.6 Å². The summed E-state index contributed by atoms with van der Waals surface area (Å²) in [4.78, 5) is 14.4. The first-order valence-electron chi connectivity index (χ1n) is 10.1. The number of benzene rings is 2. The Labute approximate surface area is 183 Å². The van der Waals surface area contributed by atoms with Crippen LogP contribution in [0.2, 0.25) is 0 Å². The minimum absolute atomic E-state index is 0.0139. The molecule has 1 saturated heterocycles. The molecule has 1 amide bonds. The standard InChI is InChI=1S/C22H22F4N2O3S/c1-12-11-28(19(12)10-27-32(2,30)31)21(29)16-9-22(16,26)15-7-6-13(23)8-14(15)20-17(24)4-3-5-18(20)25/h3-8,12,16,19,27H,9-11H2,1-2H3/t12-,16+,19-,22-/m1/s1. The van der Waals surface area contributed by atoms with E-state index >= 15 is 4.39 Å². The summed E-state index contributed by atoms with van der Waals surface area (Å²) in [6, 6.07) is 5.69. The van der Waals surface area contributed by atoms with Crippen LogP contribution in [0.4, 0.5) is 17.6 Å². The number of carbonyl (C=O) groups is 1. The zero-order valence-electron chi connectivity index (χ0n) is 17.4. The van der Waals surface area contributed by atoms with E-state index in [0.717, 1.165) is 42.7 Å². The maximum atomic E-state index is 15.9. The van der Waals surface area contributed by atoms with Gasteiger partial charge in [0.1, 0.15) is 23.1 Å². The third kappa shape index (κ3) is 4.01. The van der Waals surface area contributed by atoms with Gasteiger partial charge < -0.3 is 4.90 Å². The van der Waals surface area contributed by atoms with Crippen molar-refractivity contribution in [1.29, 1.82) is 0 Å². The van der Waals surface area contributed by atoms with Gasteiger partial charge in [0, 0.05) is 25.6 Å². The van der Waals surface area contributed by atoms with Gasteiger partial charge in [0.05, 0.1) is 17.7 Å². The van der Waals surface area contributed by atoms with Gasteiger partial charge in [-0.05, 0) is 41.3 Å². The van der Waals surface area contributed by atoms with E-state index in [1.54, 1.807) is 0 Å². The molecule has 2 aliphatic rings. The van der Waals surface area contributed by atoms with Gasteiger partial charge in [0.25, 0.3) is 0 Å². The molecule has 2 fully saturated rings. The summed E-state index contributed by atoms with van der Waals surface area (Å²) in [5.74, 6) is -4.30. The topological polar surface area (TPSA) is 66.5 Å². The first-order chi connectivity index (χ1) is 14.9. The third-order valence-electron chi connectivity index (χ3n) is 6.23. The maximum Gasteiger partial charge on any atom is 0.229 e. The number of hydrogen-bond acceptors (Lipinski definition) is 3. The predicted octanol–water partition coefficient (Wildman–Crippen LogP) is 3.35. The van der Waals surface area contributed by atoms with Gasteiger partial charge in [-0.25, -0.2) is 30.7 Å². The number of rotatable bonds is 6. The Hall–Kier alpha value is -2.46. The van der Waals surface area contributed by atoms with Crippen molar-refractivity contribution < 1.29 is 30.8 Å². The number of sulfonamides is 1. The minimum Gasteiger partial charge on any atom is -0.337 e. The molecule has 1 saturated carbocycles. The van der Waals surface area contributed by atoms with Crippen molar-refractivity contribution in [2.24, 2.45) is 11.8 Å². The predicted molar refractivity (Wildman–Crippen MR) is 110 cm³/mol. The lowest BCUT2D eigenvalue weighted by Gasteiger charge is -2.47. The molecule has 4 rings (SSSR count). The molecule has 0 aromatic heterocycles. The molecular weight excluding hydrogens is 448 g/mol. The lowest BCUT2D eigenvalue weighted by molar-refractivity contribution is -0.145. The van der Waals surface area contributed by atoms with E-state index in [-0.39, 0.29) is 30.0 Å². The van der Waals surface area contributed by atoms with Gasteiger partial charge in [0.2, 0.25) is 15.9 Å². The van der Waals surface area contributed by atoms with Crippen LogP contribution in [0, 0.1) is 29.3 Å². The fraction of sp³-hybridized carbons (Fsp3) is 0.409. The second kappa shape index (κ2) is 7.84. The lowest BCUT2D eigenvalue weighted by atomic mass is 9.89. The highest BCUT2D eigenvalue weighted by molar-refractivity contribution is 7.88. The zero-order chi connectivity index (χ0) is 23.4. The van der Waals surface area contributed by atoms with Gasteiger partial charge in [-0.15, -0.1) is 0 Å². The molecule has 4 atom stereocenters. The fourth-order valence-corrected chi connectivity index (χ4v) is 4.87. The Bertz CT molecular complexity index is 1170. The van der Waals surface area contributed by atoms with Crippen molar-refractivity contribution >= 4 is 15.9 Å². The Balaban J connectivity index is 1.61. The van der Waals surface area contributed by atoms with Crippen molar-refractivity contribution in [2.45, 2.75) is 25.1 Å². The SMILES string of the molecule is C[C@@H]1CN(C(=O)[C@@H]2C[C@@]2(F)c2ccc(F)cc2-c2c(F)cccc2F)[C@@H]1CNS(C)(=O)=O. The molecule has 172 valence electrons. The van der Waals surface area contributed by atoms with Gasteiger partial charge in [0.15, 0.2) is 0 Å². The summed E-state index contributed by atoms with van der Waals surface area (Å²) in [5, 5.41) is 0. The first kappa shape index (κ1) is 22.7. The van der Waals surface area contributed by atoms with Crippen LogP contribution in [0.1, 0.15) is 18.9 Å². The van der Waals surface area contributed by atoms with Crippen LogP contribution in [0.5, 0.6) is 0 Å². The van der Waals surface area contributed by atoms with Crippen LogP contribution in [-0.2, 0) is 20.5 Å². The molecular formula is C22H22F4N2O3S. The number of hydrogen-bond donors (Lipinski definition) is 1. The van der Waals surface area contributed by atoms with E-state index in [1.807, 2.05) is 6.92 Å². The Kier molecular flexibility index (Phi) is 5.57. The molecule has 1 aliphatic heterocycles. The van der Waals surface area contributed by atoms with E-state index in [1.165, 1.54) is 4.90 Å². The van der Waals surface area contributed by atoms with Crippen LogP contribution >= 0.6 is 0 Å². The summed E-state index contributed by atoms with van der Waals surface area (Å²) in [7, 11) is -3.46. The number of halogens is 4. The Morgan fingerprint density at radius 1 is 1.19 bits per heavy atom. The van der Waals surface area contributed by atoms with Crippen LogP contribution < -0.4 is 4.72 Å². The maximum absolute atomic E-state index is 15.9. The molecule has 2 aromatic rings. The van der Waals surface area contributed by atoms with E-state index in [2.05, 4.69) is 4.72 Å². The fourth-order valence-electron chi connectivity index (χ4n) is 4.40. The van der Waals surface area contributed by atoms with Crippen molar-refractivity contribution in [3.8, 4) is 11.1 Å². The molecule has 0 bridgehead atoms. The van der Waals surface area contributed by atoms with Gasteiger partial charge in [-0.1, -0.05) is 19.1 Å². The zero-order valence-corrected chi connectivity index (χ0v) is 18.2.